The molecular weight excluding hydrogens is 304 g/mol. The first kappa shape index (κ1) is 14.5. The highest BCUT2D eigenvalue weighted by atomic mass is 35.5. The van der Waals surface area contributed by atoms with E-state index >= 15 is 0 Å². The van der Waals surface area contributed by atoms with Gasteiger partial charge in [0, 0.05) is 17.6 Å². The van der Waals surface area contributed by atoms with Crippen molar-refractivity contribution in [2.24, 2.45) is 0 Å². The highest BCUT2D eigenvalue weighted by Gasteiger charge is 2.16. The van der Waals surface area contributed by atoms with Crippen molar-refractivity contribution in [3.8, 4) is 5.75 Å². The van der Waals surface area contributed by atoms with Crippen molar-refractivity contribution in [2.45, 2.75) is 13.5 Å². The Morgan fingerprint density at radius 1 is 1.50 bits per heavy atom. The van der Waals surface area contributed by atoms with Gasteiger partial charge in [0.15, 0.2) is 10.8 Å². The van der Waals surface area contributed by atoms with Gasteiger partial charge in [0.25, 0.3) is 0 Å². The van der Waals surface area contributed by atoms with Crippen LogP contribution in [0.5, 0.6) is 5.75 Å². The number of hydrogen-bond acceptors (Lipinski definition) is 7. The second kappa shape index (κ2) is 6.49. The summed E-state index contributed by atoms with van der Waals surface area (Å²) in [4.78, 5) is 10.4. The van der Waals surface area contributed by atoms with Crippen molar-refractivity contribution in [1.29, 1.82) is 0 Å². The zero-order valence-electron chi connectivity index (χ0n) is 10.5. The Bertz CT molecular complexity index is 619. The molecule has 9 heteroatoms. The minimum Gasteiger partial charge on any atom is -0.479 e. The van der Waals surface area contributed by atoms with Gasteiger partial charge in [-0.15, -0.1) is 10.2 Å². The smallest absolute Gasteiger partial charge is 0.312 e. The number of nitrogens with zero attached hydrogens (tertiary/aromatic N) is 3. The molecule has 0 bridgehead atoms. The lowest BCUT2D eigenvalue weighted by Gasteiger charge is -2.04. The first-order valence-corrected chi connectivity index (χ1v) is 6.92. The number of ether oxygens (including phenoxy) is 1. The third-order valence-electron chi connectivity index (χ3n) is 2.26. The van der Waals surface area contributed by atoms with E-state index < -0.39 is 4.92 Å². The summed E-state index contributed by atoms with van der Waals surface area (Å²) in [5.41, 5.74) is -0.172. The highest BCUT2D eigenvalue weighted by Crippen LogP contribution is 2.30. The maximum Gasteiger partial charge on any atom is 0.312 e. The maximum absolute atomic E-state index is 10.9. The molecule has 1 heterocycles. The molecule has 0 amide bonds. The van der Waals surface area contributed by atoms with E-state index in [0.717, 1.165) is 6.54 Å². The molecule has 20 heavy (non-hydrogen) atoms. The molecule has 0 aliphatic carbocycles. The molecule has 0 radical (unpaired) electrons. The van der Waals surface area contributed by atoms with Crippen LogP contribution >= 0.6 is 22.9 Å². The number of nitro benzene ring substituents is 1. The molecule has 0 unspecified atom stereocenters. The average Bonchev–Trinajstić information content (AvgIpc) is 2.85. The second-order valence-corrected chi connectivity index (χ2v) is 5.19. The molecular formula is C11H11ClN4O3S. The van der Waals surface area contributed by atoms with Crippen molar-refractivity contribution < 1.29 is 9.66 Å². The fourth-order valence-electron chi connectivity index (χ4n) is 1.43. The molecule has 0 fully saturated rings. The maximum atomic E-state index is 10.9. The molecule has 0 atom stereocenters. The Balaban J connectivity index is 2.08. The van der Waals surface area contributed by atoms with Crippen LogP contribution < -0.4 is 10.1 Å². The molecule has 1 N–H and O–H groups in total. The molecule has 106 valence electrons. The molecule has 0 saturated carbocycles. The van der Waals surface area contributed by atoms with Gasteiger partial charge in [0.1, 0.15) is 6.61 Å². The molecule has 0 saturated heterocycles. The van der Waals surface area contributed by atoms with Crippen LogP contribution in [-0.4, -0.2) is 21.7 Å². The molecule has 0 aliphatic rings. The Kier molecular flexibility index (Phi) is 4.70. The van der Waals surface area contributed by atoms with Gasteiger partial charge >= 0.3 is 5.69 Å². The third kappa shape index (κ3) is 3.55. The Morgan fingerprint density at radius 3 is 3.00 bits per heavy atom. The molecule has 0 aliphatic heterocycles. The average molecular weight is 315 g/mol. The van der Waals surface area contributed by atoms with E-state index in [1.165, 1.54) is 29.5 Å². The van der Waals surface area contributed by atoms with Crippen LogP contribution in [0.2, 0.25) is 5.02 Å². The van der Waals surface area contributed by atoms with Gasteiger partial charge in [0.2, 0.25) is 5.13 Å². The first-order valence-electron chi connectivity index (χ1n) is 5.73. The van der Waals surface area contributed by atoms with Crippen LogP contribution in [0.4, 0.5) is 10.8 Å². The predicted octanol–water partition coefficient (Wildman–Crippen LogP) is 3.11. The summed E-state index contributed by atoms with van der Waals surface area (Å²) in [7, 11) is 0. The second-order valence-electron chi connectivity index (χ2n) is 3.69. The number of rotatable bonds is 6. The van der Waals surface area contributed by atoms with Crippen LogP contribution in [-0.2, 0) is 6.61 Å². The largest absolute Gasteiger partial charge is 0.479 e. The molecule has 2 rings (SSSR count). The van der Waals surface area contributed by atoms with E-state index in [1.54, 1.807) is 0 Å². The van der Waals surface area contributed by atoms with Crippen LogP contribution in [0.15, 0.2) is 18.2 Å². The summed E-state index contributed by atoms with van der Waals surface area (Å²) in [6.07, 6.45) is 0. The predicted molar refractivity (Wildman–Crippen MR) is 76.5 cm³/mol. The van der Waals surface area contributed by atoms with Gasteiger partial charge in [0.05, 0.1) is 4.92 Å². The number of benzene rings is 1. The fourth-order valence-corrected chi connectivity index (χ4v) is 2.32. The van der Waals surface area contributed by atoms with Crippen molar-refractivity contribution in [2.75, 3.05) is 11.9 Å². The zero-order valence-corrected chi connectivity index (χ0v) is 12.1. The van der Waals surface area contributed by atoms with Crippen molar-refractivity contribution in [1.82, 2.24) is 10.2 Å². The van der Waals surface area contributed by atoms with Crippen LogP contribution in [0.1, 0.15) is 11.9 Å². The normalized spacial score (nSPS) is 10.3. The molecule has 0 spiro atoms. The Hall–Kier alpha value is -1.93. The quantitative estimate of drug-likeness (QED) is 0.650. The fraction of sp³-hybridized carbons (Fsp3) is 0.273. The van der Waals surface area contributed by atoms with E-state index in [-0.39, 0.29) is 23.1 Å². The van der Waals surface area contributed by atoms with E-state index in [9.17, 15) is 10.1 Å². The summed E-state index contributed by atoms with van der Waals surface area (Å²) < 4.78 is 5.41. The minimum atomic E-state index is -0.536. The van der Waals surface area contributed by atoms with Crippen LogP contribution in [0.25, 0.3) is 0 Å². The third-order valence-corrected chi connectivity index (χ3v) is 3.35. The van der Waals surface area contributed by atoms with E-state index in [2.05, 4.69) is 15.5 Å². The molecule has 7 nitrogen and oxygen atoms in total. The summed E-state index contributed by atoms with van der Waals surface area (Å²) in [6.45, 7) is 2.82. The van der Waals surface area contributed by atoms with Gasteiger partial charge < -0.3 is 10.1 Å². The van der Waals surface area contributed by atoms with Gasteiger partial charge in [-0.05, 0) is 19.1 Å². The monoisotopic (exact) mass is 314 g/mol. The van der Waals surface area contributed by atoms with E-state index in [4.69, 9.17) is 16.3 Å². The van der Waals surface area contributed by atoms with Crippen molar-refractivity contribution in [3.63, 3.8) is 0 Å². The summed E-state index contributed by atoms with van der Waals surface area (Å²) >= 11 is 7.07. The number of nitro groups is 1. The van der Waals surface area contributed by atoms with Crippen molar-refractivity contribution in [3.05, 3.63) is 38.3 Å². The molecule has 1 aromatic carbocycles. The standard InChI is InChI=1S/C11H11ClN4O3S/c1-2-13-11-15-14-10(20-11)6-19-9-4-3-7(12)5-8(9)16(17)18/h3-5H,2,6H2,1H3,(H,13,15). The van der Waals surface area contributed by atoms with Gasteiger partial charge in [-0.25, -0.2) is 0 Å². The lowest BCUT2D eigenvalue weighted by atomic mass is 10.3. The number of anilines is 1. The van der Waals surface area contributed by atoms with Crippen LogP contribution in [0, 0.1) is 10.1 Å². The highest BCUT2D eigenvalue weighted by molar-refractivity contribution is 7.15. The summed E-state index contributed by atoms with van der Waals surface area (Å²) in [5, 5.41) is 23.4. The first-order chi connectivity index (χ1) is 9.60. The van der Waals surface area contributed by atoms with Gasteiger partial charge in [-0.3, -0.25) is 10.1 Å². The van der Waals surface area contributed by atoms with Gasteiger partial charge in [-0.2, -0.15) is 0 Å². The molecule has 2 aromatic rings. The lowest BCUT2D eigenvalue weighted by molar-refractivity contribution is -0.385. The van der Waals surface area contributed by atoms with Gasteiger partial charge in [-0.1, -0.05) is 22.9 Å². The lowest BCUT2D eigenvalue weighted by Crippen LogP contribution is -1.98. The summed E-state index contributed by atoms with van der Waals surface area (Å²) in [5.74, 6) is 0.152. The zero-order chi connectivity index (χ0) is 14.5. The SMILES string of the molecule is CCNc1nnc(COc2ccc(Cl)cc2[N+](=O)[O-])s1. The molecule has 1 aromatic heterocycles. The topological polar surface area (TPSA) is 90.2 Å². The van der Waals surface area contributed by atoms with Crippen LogP contribution in [0.3, 0.4) is 0 Å². The Labute approximate surface area is 123 Å². The number of hydrogen-bond donors (Lipinski definition) is 1. The Morgan fingerprint density at radius 2 is 2.30 bits per heavy atom. The summed E-state index contributed by atoms with van der Waals surface area (Å²) in [6, 6.07) is 4.25. The van der Waals surface area contributed by atoms with E-state index in [0.29, 0.717) is 10.1 Å². The number of nitrogens with one attached hydrogen (secondary N) is 1. The number of halogens is 1. The van der Waals surface area contributed by atoms with E-state index in [1.807, 2.05) is 6.92 Å². The number of aromatic nitrogens is 2. The minimum absolute atomic E-state index is 0.117. The van der Waals surface area contributed by atoms with Crippen molar-refractivity contribution >= 4 is 33.8 Å².